The molecule has 0 saturated carbocycles. The highest BCUT2D eigenvalue weighted by atomic mass is 32.1. The molecule has 0 amide bonds. The Balaban J connectivity index is 2.33. The van der Waals surface area contributed by atoms with Gasteiger partial charge in [0.15, 0.2) is 5.78 Å². The molecule has 2 rings (SSSR count). The van der Waals surface area contributed by atoms with Crippen molar-refractivity contribution in [3.8, 4) is 0 Å². The highest BCUT2D eigenvalue weighted by Crippen LogP contribution is 2.15. The van der Waals surface area contributed by atoms with Gasteiger partial charge < -0.3 is 0 Å². The van der Waals surface area contributed by atoms with Crippen molar-refractivity contribution in [3.05, 3.63) is 60.2 Å². The second-order valence-corrected chi connectivity index (χ2v) is 4.08. The molecule has 1 aliphatic rings. The maximum absolute atomic E-state index is 12.1. The average molecular weight is 230 g/mol. The molecule has 0 aliphatic heterocycles. The molecule has 1 atom stereocenters. The van der Waals surface area contributed by atoms with Gasteiger partial charge in [0, 0.05) is 5.56 Å². The van der Waals surface area contributed by atoms with Gasteiger partial charge in [0.25, 0.3) is 0 Å². The van der Waals surface area contributed by atoms with E-state index in [1.807, 2.05) is 18.2 Å². The number of carbonyl (C=O) groups is 1. The molecule has 0 radical (unpaired) electrons. The summed E-state index contributed by atoms with van der Waals surface area (Å²) in [4.78, 5) is 12.7. The van der Waals surface area contributed by atoms with Gasteiger partial charge in [-0.05, 0) is 6.08 Å². The third kappa shape index (κ3) is 2.09. The normalized spacial score (nSPS) is 18.5. The van der Waals surface area contributed by atoms with E-state index >= 15 is 0 Å². The van der Waals surface area contributed by atoms with E-state index in [0.29, 0.717) is 21.7 Å². The lowest BCUT2D eigenvalue weighted by atomic mass is 9.92. The van der Waals surface area contributed by atoms with Crippen LogP contribution in [0.25, 0.3) is 0 Å². The van der Waals surface area contributed by atoms with Crippen molar-refractivity contribution >= 4 is 21.9 Å². The number of hydrogen-bond donors (Lipinski definition) is 0. The molecule has 0 bridgehead atoms. The molecule has 0 N–H and O–H groups in total. The van der Waals surface area contributed by atoms with Crippen LogP contribution in [0.15, 0.2) is 54.6 Å². The summed E-state index contributed by atoms with van der Waals surface area (Å²) in [6, 6.07) is 9.03. The van der Waals surface area contributed by atoms with E-state index < -0.39 is 5.92 Å². The lowest BCUT2D eigenvalue weighted by Crippen LogP contribution is -2.22. The number of hydrogen-bond acceptors (Lipinski definition) is 2. The molecule has 1 aromatic carbocycles. The summed E-state index contributed by atoms with van der Waals surface area (Å²) in [7, 11) is 0. The molecule has 3 heteroatoms. The fourth-order valence-corrected chi connectivity index (χ4v) is 2.03. The first-order chi connectivity index (χ1) is 7.83. The van der Waals surface area contributed by atoms with E-state index in [2.05, 4.69) is 0 Å². The van der Waals surface area contributed by atoms with Crippen molar-refractivity contribution in [2.45, 2.75) is 0 Å². The van der Waals surface area contributed by atoms with Gasteiger partial charge in [-0.2, -0.15) is 0 Å². The quantitative estimate of drug-likeness (QED) is 0.575. The van der Waals surface area contributed by atoms with E-state index in [9.17, 15) is 9.00 Å². The summed E-state index contributed by atoms with van der Waals surface area (Å²) in [5.41, 5.74) is 0.638. The highest BCUT2D eigenvalue weighted by Gasteiger charge is 2.22. The van der Waals surface area contributed by atoms with Gasteiger partial charge in [-0.25, -0.2) is 4.21 Å². The van der Waals surface area contributed by atoms with E-state index in [0.717, 1.165) is 0 Å². The van der Waals surface area contributed by atoms with Gasteiger partial charge in [0.2, 0.25) is 0 Å². The monoisotopic (exact) mass is 230 g/mol. The van der Waals surface area contributed by atoms with E-state index in [1.54, 1.807) is 36.4 Å². The van der Waals surface area contributed by atoms with Crippen molar-refractivity contribution in [2.24, 2.45) is 5.92 Å². The van der Waals surface area contributed by atoms with Crippen molar-refractivity contribution in [2.75, 3.05) is 0 Å². The van der Waals surface area contributed by atoms with Crippen LogP contribution in [-0.4, -0.2) is 14.9 Å². The van der Waals surface area contributed by atoms with E-state index in [1.165, 1.54) is 0 Å². The Morgan fingerprint density at radius 1 is 1.12 bits per heavy atom. The summed E-state index contributed by atoms with van der Waals surface area (Å²) in [6.07, 6.45) is 7.03. The molecular formula is C13H10O2S. The Morgan fingerprint density at radius 2 is 1.88 bits per heavy atom. The number of Topliss-reactive ketones (excluding diaryl/α,β-unsaturated/α-hetero) is 1. The Hall–Kier alpha value is -1.74. The lowest BCUT2D eigenvalue weighted by Gasteiger charge is -2.12. The molecule has 1 unspecified atom stereocenters. The minimum atomic E-state index is -0.421. The van der Waals surface area contributed by atoms with E-state index in [4.69, 9.17) is 0 Å². The second-order valence-electron chi connectivity index (χ2n) is 3.44. The number of ketones is 1. The summed E-state index contributed by atoms with van der Waals surface area (Å²) >= 11 is 0.385. The first-order valence-corrected chi connectivity index (χ1v) is 5.68. The predicted molar refractivity (Wildman–Crippen MR) is 65.7 cm³/mol. The van der Waals surface area contributed by atoms with E-state index in [-0.39, 0.29) is 5.78 Å². The van der Waals surface area contributed by atoms with Crippen LogP contribution in [0.4, 0.5) is 0 Å². The van der Waals surface area contributed by atoms with Crippen LogP contribution in [0.3, 0.4) is 0 Å². The largest absolute Gasteiger partial charge is 0.293 e. The smallest absolute Gasteiger partial charge is 0.175 e. The van der Waals surface area contributed by atoms with Crippen LogP contribution in [0.1, 0.15) is 10.4 Å². The minimum Gasteiger partial charge on any atom is -0.293 e. The summed E-state index contributed by atoms with van der Waals surface area (Å²) in [6.45, 7) is 0. The summed E-state index contributed by atoms with van der Waals surface area (Å²) < 4.78 is 10.9. The lowest BCUT2D eigenvalue weighted by molar-refractivity contribution is 0.0973. The van der Waals surface area contributed by atoms with Crippen molar-refractivity contribution in [1.82, 2.24) is 0 Å². The van der Waals surface area contributed by atoms with Crippen molar-refractivity contribution < 1.29 is 9.00 Å². The van der Waals surface area contributed by atoms with Gasteiger partial charge >= 0.3 is 0 Å². The molecular weight excluding hydrogens is 220 g/mol. The molecule has 0 spiro atoms. The third-order valence-corrected chi connectivity index (χ3v) is 3.00. The summed E-state index contributed by atoms with van der Waals surface area (Å²) in [5.74, 6) is -0.450. The first-order valence-electron chi connectivity index (χ1n) is 4.93. The molecule has 2 nitrogen and oxygen atoms in total. The number of rotatable bonds is 2. The number of allylic oxidation sites excluding steroid dienone is 4. The molecule has 0 aromatic heterocycles. The van der Waals surface area contributed by atoms with Crippen molar-refractivity contribution in [3.63, 3.8) is 0 Å². The van der Waals surface area contributed by atoms with Gasteiger partial charge in [-0.15, -0.1) is 0 Å². The van der Waals surface area contributed by atoms with Gasteiger partial charge in [-0.1, -0.05) is 48.6 Å². The van der Waals surface area contributed by atoms with Crippen LogP contribution >= 0.6 is 0 Å². The maximum Gasteiger partial charge on any atom is 0.175 e. The van der Waals surface area contributed by atoms with Crippen LogP contribution in [0, 0.1) is 5.92 Å². The van der Waals surface area contributed by atoms with Gasteiger partial charge in [-0.3, -0.25) is 4.79 Å². The summed E-state index contributed by atoms with van der Waals surface area (Å²) in [5, 5.41) is 0. The Labute approximate surface area is 97.4 Å². The van der Waals surface area contributed by atoms with Gasteiger partial charge in [0.1, 0.15) is 0 Å². The molecule has 0 fully saturated rings. The maximum atomic E-state index is 12.1. The Morgan fingerprint density at radius 3 is 2.56 bits per heavy atom. The standard InChI is InChI=1S/C13H10O2S/c14-13(10-6-2-1-3-7-10)11-8-4-5-9-12(11)16-15/h1-9,11H. The molecule has 0 saturated heterocycles. The first kappa shape index (κ1) is 10.8. The SMILES string of the molecule is O=S=C1C=CC=CC1C(=O)c1ccccc1. The average Bonchev–Trinajstić information content (AvgIpc) is 2.39. The molecule has 0 heterocycles. The zero-order valence-corrected chi connectivity index (χ0v) is 9.31. The molecule has 1 aliphatic carbocycles. The highest BCUT2D eigenvalue weighted by molar-refractivity contribution is 7.67. The fraction of sp³-hybridized carbons (Fsp3) is 0.0769. The number of benzene rings is 1. The fourth-order valence-electron chi connectivity index (χ4n) is 1.60. The molecule has 1 aromatic rings. The third-order valence-electron chi connectivity index (χ3n) is 2.42. The minimum absolute atomic E-state index is 0.0282. The van der Waals surface area contributed by atoms with Gasteiger partial charge in [0.05, 0.1) is 22.0 Å². The molecule has 16 heavy (non-hydrogen) atoms. The molecule has 80 valence electrons. The Bertz CT molecular complexity index is 508. The predicted octanol–water partition coefficient (Wildman–Crippen LogP) is 2.00. The van der Waals surface area contributed by atoms with Crippen LogP contribution in [0.2, 0.25) is 0 Å². The zero-order chi connectivity index (χ0) is 11.4. The second kappa shape index (κ2) is 4.86. The Kier molecular flexibility index (Phi) is 3.27. The number of carbonyl (C=O) groups excluding carboxylic acids is 1. The van der Waals surface area contributed by atoms with Crippen LogP contribution in [0.5, 0.6) is 0 Å². The van der Waals surface area contributed by atoms with Crippen molar-refractivity contribution in [1.29, 1.82) is 0 Å². The van der Waals surface area contributed by atoms with Crippen LogP contribution in [-0.2, 0) is 11.3 Å². The zero-order valence-electron chi connectivity index (χ0n) is 8.50. The van der Waals surface area contributed by atoms with Crippen LogP contribution < -0.4 is 0 Å². The topological polar surface area (TPSA) is 34.1 Å².